The molecule has 0 spiro atoms. The maximum absolute atomic E-state index is 11.1. The number of hydrogen-bond donors (Lipinski definition) is 1. The Balaban J connectivity index is 2.43. The van der Waals surface area contributed by atoms with E-state index in [1.807, 2.05) is 11.8 Å². The van der Waals surface area contributed by atoms with E-state index in [4.69, 9.17) is 0 Å². The molecular weight excluding hydrogens is 194 g/mol. The second-order valence-corrected chi connectivity index (χ2v) is 6.61. The van der Waals surface area contributed by atoms with E-state index in [9.17, 15) is 8.42 Å². The minimum Gasteiger partial charge on any atom is -0.212 e. The third kappa shape index (κ3) is 2.95. The van der Waals surface area contributed by atoms with Gasteiger partial charge < -0.3 is 0 Å². The van der Waals surface area contributed by atoms with Crippen molar-refractivity contribution in [1.82, 2.24) is 4.72 Å². The third-order valence-electron chi connectivity index (χ3n) is 1.92. The van der Waals surface area contributed by atoms with Gasteiger partial charge >= 0.3 is 0 Å². The molecule has 0 bridgehead atoms. The van der Waals surface area contributed by atoms with Crippen LogP contribution < -0.4 is 4.72 Å². The lowest BCUT2D eigenvalue weighted by Crippen LogP contribution is -2.35. The Morgan fingerprint density at radius 2 is 2.25 bits per heavy atom. The Kier molecular flexibility index (Phi) is 3.43. The van der Waals surface area contributed by atoms with Crippen LogP contribution in [0.4, 0.5) is 0 Å². The number of hydrogen-bond acceptors (Lipinski definition) is 3. The summed E-state index contributed by atoms with van der Waals surface area (Å²) in [6.07, 6.45) is 0.962. The van der Waals surface area contributed by atoms with Crippen LogP contribution in [0, 0.1) is 0 Å². The first-order valence-electron chi connectivity index (χ1n) is 4.15. The van der Waals surface area contributed by atoms with Crippen molar-refractivity contribution in [2.45, 2.75) is 31.6 Å². The molecule has 0 saturated carbocycles. The normalized spacial score (nSPS) is 30.8. The average Bonchev–Trinajstić information content (AvgIpc) is 2.35. The molecule has 1 heterocycles. The molecule has 2 unspecified atom stereocenters. The van der Waals surface area contributed by atoms with Crippen molar-refractivity contribution in [2.24, 2.45) is 0 Å². The Hall–Kier alpha value is 0.260. The summed E-state index contributed by atoms with van der Waals surface area (Å²) in [6.45, 7) is 3.79. The van der Waals surface area contributed by atoms with Crippen LogP contribution in [0.1, 0.15) is 20.3 Å². The number of sulfonamides is 1. The first kappa shape index (κ1) is 10.3. The minimum absolute atomic E-state index is 0.162. The Bertz CT molecular complexity index is 238. The molecule has 1 aliphatic rings. The van der Waals surface area contributed by atoms with E-state index in [1.54, 1.807) is 6.92 Å². The Morgan fingerprint density at radius 3 is 2.67 bits per heavy atom. The van der Waals surface area contributed by atoms with Crippen molar-refractivity contribution in [3.8, 4) is 0 Å². The second kappa shape index (κ2) is 3.98. The molecule has 0 amide bonds. The smallest absolute Gasteiger partial charge is 0.211 e. The van der Waals surface area contributed by atoms with Gasteiger partial charge in [0.05, 0.1) is 5.75 Å². The van der Waals surface area contributed by atoms with E-state index < -0.39 is 10.0 Å². The maximum Gasteiger partial charge on any atom is 0.211 e. The SMILES string of the molecule is CCS(=O)(=O)NC1CSC(C)C1. The molecule has 0 radical (unpaired) electrons. The van der Waals surface area contributed by atoms with Crippen LogP contribution in [0.3, 0.4) is 0 Å². The van der Waals surface area contributed by atoms with Crippen molar-refractivity contribution >= 4 is 21.8 Å². The lowest BCUT2D eigenvalue weighted by Gasteiger charge is -2.10. The third-order valence-corrected chi connectivity index (χ3v) is 4.73. The fourth-order valence-electron chi connectivity index (χ4n) is 1.24. The fourth-order valence-corrected chi connectivity index (χ4v) is 3.34. The van der Waals surface area contributed by atoms with E-state index in [0.29, 0.717) is 5.25 Å². The molecule has 1 saturated heterocycles. The summed E-state index contributed by atoms with van der Waals surface area (Å²) in [4.78, 5) is 0. The quantitative estimate of drug-likeness (QED) is 0.748. The highest BCUT2D eigenvalue weighted by molar-refractivity contribution is 8.00. The van der Waals surface area contributed by atoms with E-state index in [-0.39, 0.29) is 11.8 Å². The molecule has 0 aromatic heterocycles. The monoisotopic (exact) mass is 209 g/mol. The number of thioether (sulfide) groups is 1. The van der Waals surface area contributed by atoms with Gasteiger partial charge in [-0.1, -0.05) is 6.92 Å². The van der Waals surface area contributed by atoms with Crippen LogP contribution in [-0.2, 0) is 10.0 Å². The van der Waals surface area contributed by atoms with Gasteiger partial charge in [0.1, 0.15) is 0 Å². The second-order valence-electron chi connectivity index (χ2n) is 3.10. The summed E-state index contributed by atoms with van der Waals surface area (Å²) in [7, 11) is -2.99. The molecule has 0 aromatic rings. The summed E-state index contributed by atoms with van der Waals surface area (Å²) >= 11 is 1.83. The molecule has 0 aromatic carbocycles. The predicted octanol–water partition coefficient (Wildman–Crippen LogP) is 0.820. The zero-order valence-electron chi connectivity index (χ0n) is 7.41. The van der Waals surface area contributed by atoms with Crippen molar-refractivity contribution in [1.29, 1.82) is 0 Å². The summed E-state index contributed by atoms with van der Waals surface area (Å²) in [5, 5.41) is 0.592. The summed E-state index contributed by atoms with van der Waals surface area (Å²) in [5.41, 5.74) is 0. The molecule has 5 heteroatoms. The van der Waals surface area contributed by atoms with Crippen LogP contribution in [0.15, 0.2) is 0 Å². The molecule has 1 N–H and O–H groups in total. The van der Waals surface area contributed by atoms with Gasteiger partial charge in [-0.25, -0.2) is 13.1 Å². The molecule has 2 atom stereocenters. The molecule has 0 aliphatic carbocycles. The van der Waals surface area contributed by atoms with Gasteiger partial charge in [0.2, 0.25) is 10.0 Å². The topological polar surface area (TPSA) is 46.2 Å². The van der Waals surface area contributed by atoms with Crippen LogP contribution in [0.2, 0.25) is 0 Å². The van der Waals surface area contributed by atoms with Gasteiger partial charge in [-0.05, 0) is 13.3 Å². The summed E-state index contributed by atoms with van der Waals surface area (Å²) in [6, 6.07) is 0.162. The molecule has 3 nitrogen and oxygen atoms in total. The Labute approximate surface area is 78.4 Å². The predicted molar refractivity (Wildman–Crippen MR) is 52.9 cm³/mol. The average molecular weight is 209 g/mol. The molecule has 72 valence electrons. The molecular formula is C7H15NO2S2. The van der Waals surface area contributed by atoms with Crippen LogP contribution in [0.25, 0.3) is 0 Å². The summed E-state index contributed by atoms with van der Waals surface area (Å²) in [5.74, 6) is 1.10. The van der Waals surface area contributed by atoms with Gasteiger partial charge in [0.25, 0.3) is 0 Å². The molecule has 12 heavy (non-hydrogen) atoms. The van der Waals surface area contributed by atoms with Gasteiger partial charge in [0, 0.05) is 17.0 Å². The number of nitrogens with one attached hydrogen (secondary N) is 1. The van der Waals surface area contributed by atoms with E-state index >= 15 is 0 Å². The standard InChI is InChI=1S/C7H15NO2S2/c1-3-12(9,10)8-7-4-6(2)11-5-7/h6-8H,3-5H2,1-2H3. The molecule has 1 aliphatic heterocycles. The molecule has 1 rings (SSSR count). The first-order valence-corrected chi connectivity index (χ1v) is 6.85. The Morgan fingerprint density at radius 1 is 1.58 bits per heavy atom. The van der Waals surface area contributed by atoms with Crippen LogP contribution >= 0.6 is 11.8 Å². The zero-order chi connectivity index (χ0) is 9.19. The van der Waals surface area contributed by atoms with Crippen molar-refractivity contribution in [3.63, 3.8) is 0 Å². The van der Waals surface area contributed by atoms with Crippen LogP contribution in [0.5, 0.6) is 0 Å². The largest absolute Gasteiger partial charge is 0.212 e. The highest BCUT2D eigenvalue weighted by Gasteiger charge is 2.24. The van der Waals surface area contributed by atoms with Crippen molar-refractivity contribution in [2.75, 3.05) is 11.5 Å². The lowest BCUT2D eigenvalue weighted by atomic mass is 10.2. The van der Waals surface area contributed by atoms with Crippen molar-refractivity contribution < 1.29 is 8.42 Å². The maximum atomic E-state index is 11.1. The van der Waals surface area contributed by atoms with Gasteiger partial charge in [-0.2, -0.15) is 11.8 Å². The zero-order valence-corrected chi connectivity index (χ0v) is 9.04. The fraction of sp³-hybridized carbons (Fsp3) is 1.00. The minimum atomic E-state index is -2.99. The van der Waals surface area contributed by atoms with Gasteiger partial charge in [0.15, 0.2) is 0 Å². The first-order chi connectivity index (χ1) is 5.53. The number of rotatable bonds is 3. The van der Waals surface area contributed by atoms with E-state index in [0.717, 1.165) is 12.2 Å². The molecule has 1 fully saturated rings. The van der Waals surface area contributed by atoms with Gasteiger partial charge in [-0.15, -0.1) is 0 Å². The van der Waals surface area contributed by atoms with Crippen molar-refractivity contribution in [3.05, 3.63) is 0 Å². The van der Waals surface area contributed by atoms with Crippen LogP contribution in [-0.4, -0.2) is 31.2 Å². The van der Waals surface area contributed by atoms with E-state index in [1.165, 1.54) is 0 Å². The highest BCUT2D eigenvalue weighted by Crippen LogP contribution is 2.26. The highest BCUT2D eigenvalue weighted by atomic mass is 32.2. The van der Waals surface area contributed by atoms with E-state index in [2.05, 4.69) is 11.6 Å². The van der Waals surface area contributed by atoms with Gasteiger partial charge in [-0.3, -0.25) is 0 Å². The summed E-state index contributed by atoms with van der Waals surface area (Å²) < 4.78 is 25.0. The lowest BCUT2D eigenvalue weighted by molar-refractivity contribution is 0.558.